The number of hydrogen-bond acceptors (Lipinski definition) is 1. The monoisotopic (exact) mass is 245 g/mol. The summed E-state index contributed by atoms with van der Waals surface area (Å²) in [6, 6.07) is 10.2. The van der Waals surface area contributed by atoms with E-state index in [-0.39, 0.29) is 5.91 Å². The summed E-state index contributed by atoms with van der Waals surface area (Å²) in [6.45, 7) is 7.45. The minimum atomic E-state index is 0.157. The molecule has 2 nitrogen and oxygen atoms in total. The Morgan fingerprint density at radius 2 is 1.89 bits per heavy atom. The second-order valence-electron chi connectivity index (χ2n) is 4.70. The van der Waals surface area contributed by atoms with Crippen molar-refractivity contribution in [2.24, 2.45) is 0 Å². The number of unbranched alkanes of at least 4 members (excludes halogenated alkanes) is 1. The SMILES string of the molecule is CCCCN(CC(C)=Cc1ccccc1)C(C)=O. The van der Waals surface area contributed by atoms with Gasteiger partial charge in [-0.3, -0.25) is 4.79 Å². The number of nitrogens with zero attached hydrogens (tertiary/aromatic N) is 1. The van der Waals surface area contributed by atoms with Gasteiger partial charge >= 0.3 is 0 Å². The number of hydrogen-bond donors (Lipinski definition) is 0. The third-order valence-corrected chi connectivity index (χ3v) is 2.88. The van der Waals surface area contributed by atoms with Crippen LogP contribution in [0.25, 0.3) is 6.08 Å². The highest BCUT2D eigenvalue weighted by atomic mass is 16.2. The van der Waals surface area contributed by atoms with Gasteiger partial charge < -0.3 is 4.90 Å². The van der Waals surface area contributed by atoms with Gasteiger partial charge in [0.1, 0.15) is 0 Å². The molecule has 0 saturated heterocycles. The minimum Gasteiger partial charge on any atom is -0.339 e. The average molecular weight is 245 g/mol. The second kappa shape index (κ2) is 7.70. The molecule has 0 saturated carbocycles. The van der Waals surface area contributed by atoms with Gasteiger partial charge in [0.15, 0.2) is 0 Å². The van der Waals surface area contributed by atoms with Crippen LogP contribution >= 0.6 is 0 Å². The molecule has 2 heteroatoms. The fourth-order valence-corrected chi connectivity index (χ4v) is 1.88. The van der Waals surface area contributed by atoms with Gasteiger partial charge in [-0.05, 0) is 18.9 Å². The van der Waals surface area contributed by atoms with Gasteiger partial charge in [0.25, 0.3) is 0 Å². The lowest BCUT2D eigenvalue weighted by atomic mass is 10.1. The average Bonchev–Trinajstić information content (AvgIpc) is 2.35. The minimum absolute atomic E-state index is 0.157. The molecule has 0 aliphatic heterocycles. The van der Waals surface area contributed by atoms with Gasteiger partial charge in [-0.15, -0.1) is 0 Å². The number of amides is 1. The molecule has 0 heterocycles. The van der Waals surface area contributed by atoms with Gasteiger partial charge in [0.05, 0.1) is 0 Å². The Hall–Kier alpha value is -1.57. The van der Waals surface area contributed by atoms with Crippen LogP contribution in [0.1, 0.15) is 39.2 Å². The maximum absolute atomic E-state index is 11.5. The predicted octanol–water partition coefficient (Wildman–Crippen LogP) is 3.74. The van der Waals surface area contributed by atoms with Crippen molar-refractivity contribution in [3.63, 3.8) is 0 Å². The third-order valence-electron chi connectivity index (χ3n) is 2.88. The molecule has 0 aromatic heterocycles. The lowest BCUT2D eigenvalue weighted by molar-refractivity contribution is -0.128. The molecule has 0 unspecified atom stereocenters. The Labute approximate surface area is 110 Å². The predicted molar refractivity (Wildman–Crippen MR) is 77.3 cm³/mol. The first kappa shape index (κ1) is 14.5. The molecule has 1 rings (SSSR count). The zero-order valence-corrected chi connectivity index (χ0v) is 11.6. The van der Waals surface area contributed by atoms with E-state index in [4.69, 9.17) is 0 Å². The van der Waals surface area contributed by atoms with E-state index in [9.17, 15) is 4.79 Å². The standard InChI is InChI=1S/C16H23NO/c1-4-5-11-17(15(3)18)13-14(2)12-16-9-7-6-8-10-16/h6-10,12H,4-5,11,13H2,1-3H3. The molecule has 1 aromatic carbocycles. The first-order chi connectivity index (χ1) is 8.63. The van der Waals surface area contributed by atoms with Crippen molar-refractivity contribution in [2.75, 3.05) is 13.1 Å². The summed E-state index contributed by atoms with van der Waals surface area (Å²) in [5.74, 6) is 0.157. The van der Waals surface area contributed by atoms with Gasteiger partial charge in [0.2, 0.25) is 5.91 Å². The van der Waals surface area contributed by atoms with Crippen LogP contribution in [0.15, 0.2) is 35.9 Å². The summed E-state index contributed by atoms with van der Waals surface area (Å²) in [4.78, 5) is 13.5. The van der Waals surface area contributed by atoms with Crippen LogP contribution < -0.4 is 0 Å². The topological polar surface area (TPSA) is 20.3 Å². The van der Waals surface area contributed by atoms with E-state index >= 15 is 0 Å². The summed E-state index contributed by atoms with van der Waals surface area (Å²) in [5, 5.41) is 0. The highest BCUT2D eigenvalue weighted by molar-refractivity contribution is 5.73. The summed E-state index contributed by atoms with van der Waals surface area (Å²) in [5.41, 5.74) is 2.40. The van der Waals surface area contributed by atoms with Crippen LogP contribution in [0.4, 0.5) is 0 Å². The van der Waals surface area contributed by atoms with E-state index in [2.05, 4.69) is 32.1 Å². The van der Waals surface area contributed by atoms with Crippen LogP contribution in [-0.2, 0) is 4.79 Å². The van der Waals surface area contributed by atoms with Gasteiger partial charge in [-0.2, -0.15) is 0 Å². The number of carbonyl (C=O) groups excluding carboxylic acids is 1. The van der Waals surface area contributed by atoms with E-state index in [0.29, 0.717) is 0 Å². The summed E-state index contributed by atoms with van der Waals surface area (Å²) in [6.07, 6.45) is 4.32. The summed E-state index contributed by atoms with van der Waals surface area (Å²) < 4.78 is 0. The maximum Gasteiger partial charge on any atom is 0.219 e. The molecular formula is C16H23NO. The highest BCUT2D eigenvalue weighted by Gasteiger charge is 2.07. The fourth-order valence-electron chi connectivity index (χ4n) is 1.88. The Morgan fingerprint density at radius 3 is 2.44 bits per heavy atom. The molecule has 0 N–H and O–H groups in total. The molecule has 0 radical (unpaired) electrons. The van der Waals surface area contributed by atoms with Gasteiger partial charge in [0, 0.05) is 20.0 Å². The number of rotatable bonds is 6. The van der Waals surface area contributed by atoms with Crippen molar-refractivity contribution in [3.05, 3.63) is 41.5 Å². The zero-order chi connectivity index (χ0) is 13.4. The zero-order valence-electron chi connectivity index (χ0n) is 11.6. The Balaban J connectivity index is 2.63. The first-order valence-corrected chi connectivity index (χ1v) is 6.61. The van der Waals surface area contributed by atoms with Gasteiger partial charge in [-0.25, -0.2) is 0 Å². The Kier molecular flexibility index (Phi) is 6.20. The number of carbonyl (C=O) groups is 1. The van der Waals surface area contributed by atoms with Crippen LogP contribution in [-0.4, -0.2) is 23.9 Å². The van der Waals surface area contributed by atoms with Crippen molar-refractivity contribution in [3.8, 4) is 0 Å². The molecule has 1 amide bonds. The van der Waals surface area contributed by atoms with Crippen LogP contribution in [0.2, 0.25) is 0 Å². The van der Waals surface area contributed by atoms with Crippen molar-refractivity contribution in [1.82, 2.24) is 4.90 Å². The number of benzene rings is 1. The molecule has 0 spiro atoms. The third kappa shape index (κ3) is 5.17. The fraction of sp³-hybridized carbons (Fsp3) is 0.438. The second-order valence-corrected chi connectivity index (χ2v) is 4.70. The molecule has 0 aliphatic rings. The molecule has 98 valence electrons. The summed E-state index contributed by atoms with van der Waals surface area (Å²) >= 11 is 0. The van der Waals surface area contributed by atoms with Crippen molar-refractivity contribution in [1.29, 1.82) is 0 Å². The molecule has 1 aromatic rings. The van der Waals surface area contributed by atoms with E-state index in [1.807, 2.05) is 23.1 Å². The van der Waals surface area contributed by atoms with Crippen molar-refractivity contribution >= 4 is 12.0 Å². The molecule has 0 bridgehead atoms. The molecule has 0 fully saturated rings. The molecule has 0 aliphatic carbocycles. The molecule has 0 atom stereocenters. The van der Waals surface area contributed by atoms with E-state index < -0.39 is 0 Å². The van der Waals surface area contributed by atoms with E-state index in [1.54, 1.807) is 6.92 Å². The van der Waals surface area contributed by atoms with Crippen molar-refractivity contribution in [2.45, 2.75) is 33.6 Å². The Bertz CT molecular complexity index is 395. The van der Waals surface area contributed by atoms with Gasteiger partial charge in [-0.1, -0.05) is 55.3 Å². The van der Waals surface area contributed by atoms with Crippen LogP contribution in [0, 0.1) is 0 Å². The first-order valence-electron chi connectivity index (χ1n) is 6.61. The normalized spacial score (nSPS) is 11.4. The molecular weight excluding hydrogens is 222 g/mol. The lowest BCUT2D eigenvalue weighted by Gasteiger charge is -2.21. The largest absolute Gasteiger partial charge is 0.339 e. The van der Waals surface area contributed by atoms with Crippen LogP contribution in [0.5, 0.6) is 0 Å². The quantitative estimate of drug-likeness (QED) is 0.747. The maximum atomic E-state index is 11.5. The van der Waals surface area contributed by atoms with Crippen LogP contribution in [0.3, 0.4) is 0 Å². The summed E-state index contributed by atoms with van der Waals surface area (Å²) in [7, 11) is 0. The van der Waals surface area contributed by atoms with E-state index in [1.165, 1.54) is 11.1 Å². The Morgan fingerprint density at radius 1 is 1.22 bits per heavy atom. The molecule has 18 heavy (non-hydrogen) atoms. The lowest BCUT2D eigenvalue weighted by Crippen LogP contribution is -2.31. The smallest absolute Gasteiger partial charge is 0.219 e. The van der Waals surface area contributed by atoms with E-state index in [0.717, 1.165) is 25.9 Å². The van der Waals surface area contributed by atoms with Crippen molar-refractivity contribution < 1.29 is 4.79 Å². The highest BCUT2D eigenvalue weighted by Crippen LogP contribution is 2.08.